The molecule has 10 heteroatoms. The standard InChI is InChI=1S/C23H21F2N3O5/c1-14-22(28(30)31)15(2)27(26-14)13-18-12-16(5-11-21(18)32-3)4-10-20(29)17-6-8-19(9-7-17)33-23(24)25/h4-12,23H,13H2,1-3H3/b10-4+. The van der Waals surface area contributed by atoms with Crippen molar-refractivity contribution < 1.29 is 28.0 Å². The summed E-state index contributed by atoms with van der Waals surface area (Å²) in [5.41, 5.74) is 2.46. The van der Waals surface area contributed by atoms with Gasteiger partial charge >= 0.3 is 12.3 Å². The Morgan fingerprint density at radius 2 is 1.91 bits per heavy atom. The van der Waals surface area contributed by atoms with Gasteiger partial charge in [-0.25, -0.2) is 0 Å². The number of aromatic nitrogens is 2. The lowest BCUT2D eigenvalue weighted by Gasteiger charge is -2.11. The Labute approximate surface area is 188 Å². The van der Waals surface area contributed by atoms with Gasteiger partial charge in [0, 0.05) is 11.1 Å². The van der Waals surface area contributed by atoms with E-state index in [9.17, 15) is 23.7 Å². The predicted molar refractivity (Wildman–Crippen MR) is 117 cm³/mol. The zero-order valence-electron chi connectivity index (χ0n) is 18.1. The quantitative estimate of drug-likeness (QED) is 0.195. The van der Waals surface area contributed by atoms with Crippen LogP contribution >= 0.6 is 0 Å². The lowest BCUT2D eigenvalue weighted by Crippen LogP contribution is -2.06. The van der Waals surface area contributed by atoms with Crippen molar-refractivity contribution in [2.24, 2.45) is 0 Å². The number of benzene rings is 2. The van der Waals surface area contributed by atoms with Crippen LogP contribution < -0.4 is 9.47 Å². The topological polar surface area (TPSA) is 96.5 Å². The number of nitro groups is 1. The van der Waals surface area contributed by atoms with Gasteiger partial charge in [-0.1, -0.05) is 12.1 Å². The maximum Gasteiger partial charge on any atom is 0.387 e. The SMILES string of the molecule is COc1ccc(/C=C/C(=O)c2ccc(OC(F)F)cc2)cc1Cn1nc(C)c([N+](=O)[O-])c1C. The minimum atomic E-state index is -2.93. The summed E-state index contributed by atoms with van der Waals surface area (Å²) >= 11 is 0. The smallest absolute Gasteiger partial charge is 0.387 e. The predicted octanol–water partition coefficient (Wildman–Crippen LogP) is 4.96. The number of carbonyl (C=O) groups excluding carboxylic acids is 1. The zero-order valence-corrected chi connectivity index (χ0v) is 18.1. The van der Waals surface area contributed by atoms with E-state index >= 15 is 0 Å². The molecule has 8 nitrogen and oxygen atoms in total. The number of carbonyl (C=O) groups is 1. The Morgan fingerprint density at radius 3 is 2.48 bits per heavy atom. The molecule has 172 valence electrons. The van der Waals surface area contributed by atoms with Crippen LogP contribution in [0.3, 0.4) is 0 Å². The van der Waals surface area contributed by atoms with Gasteiger partial charge in [-0.2, -0.15) is 13.9 Å². The molecule has 1 heterocycles. The second-order valence-corrected chi connectivity index (χ2v) is 7.11. The van der Waals surface area contributed by atoms with Gasteiger partial charge < -0.3 is 9.47 Å². The molecule has 33 heavy (non-hydrogen) atoms. The van der Waals surface area contributed by atoms with Gasteiger partial charge in [0.05, 0.1) is 18.6 Å². The van der Waals surface area contributed by atoms with E-state index in [4.69, 9.17) is 4.74 Å². The van der Waals surface area contributed by atoms with Crippen molar-refractivity contribution in [2.45, 2.75) is 27.0 Å². The van der Waals surface area contributed by atoms with E-state index in [1.165, 1.54) is 42.1 Å². The highest BCUT2D eigenvalue weighted by atomic mass is 19.3. The van der Waals surface area contributed by atoms with Gasteiger partial charge in [0.1, 0.15) is 22.9 Å². The van der Waals surface area contributed by atoms with Crippen LogP contribution in [0.15, 0.2) is 48.5 Å². The molecule has 0 radical (unpaired) electrons. The minimum absolute atomic E-state index is 0.0272. The van der Waals surface area contributed by atoms with Crippen LogP contribution in [-0.4, -0.2) is 34.2 Å². The summed E-state index contributed by atoms with van der Waals surface area (Å²) in [5, 5.41) is 15.5. The fourth-order valence-corrected chi connectivity index (χ4v) is 3.36. The van der Waals surface area contributed by atoms with Crippen LogP contribution in [0.1, 0.15) is 32.9 Å². The van der Waals surface area contributed by atoms with E-state index in [0.29, 0.717) is 28.3 Å². The highest BCUT2D eigenvalue weighted by Crippen LogP contribution is 2.26. The Hall–Kier alpha value is -4.08. The van der Waals surface area contributed by atoms with Crippen LogP contribution in [0.25, 0.3) is 6.08 Å². The molecule has 0 aliphatic heterocycles. The Bertz CT molecular complexity index is 1200. The number of alkyl halides is 2. The van der Waals surface area contributed by atoms with Gasteiger partial charge in [0.15, 0.2) is 5.78 Å². The molecular weight excluding hydrogens is 436 g/mol. The average Bonchev–Trinajstić information content (AvgIpc) is 3.05. The zero-order chi connectivity index (χ0) is 24.1. The molecule has 3 rings (SSSR count). The van der Waals surface area contributed by atoms with Crippen molar-refractivity contribution in [3.05, 3.63) is 86.7 Å². The highest BCUT2D eigenvalue weighted by Gasteiger charge is 2.22. The molecule has 3 aromatic rings. The molecular formula is C23H21F2N3O5. The molecule has 2 aromatic carbocycles. The molecule has 0 unspecified atom stereocenters. The first-order chi connectivity index (χ1) is 15.7. The molecule has 0 N–H and O–H groups in total. The van der Waals surface area contributed by atoms with Crippen molar-refractivity contribution in [2.75, 3.05) is 7.11 Å². The molecule has 0 aliphatic carbocycles. The molecule has 0 amide bonds. The first-order valence-electron chi connectivity index (χ1n) is 9.82. The van der Waals surface area contributed by atoms with E-state index in [1.54, 1.807) is 38.1 Å². The molecule has 0 saturated carbocycles. The van der Waals surface area contributed by atoms with Gasteiger partial charge in [-0.3, -0.25) is 19.6 Å². The first kappa shape index (κ1) is 23.6. The van der Waals surface area contributed by atoms with Crippen molar-refractivity contribution in [3.63, 3.8) is 0 Å². The monoisotopic (exact) mass is 457 g/mol. The fourth-order valence-electron chi connectivity index (χ4n) is 3.36. The van der Waals surface area contributed by atoms with E-state index in [1.807, 2.05) is 0 Å². The number of hydrogen-bond donors (Lipinski definition) is 0. The van der Waals surface area contributed by atoms with Gasteiger partial charge in [0.2, 0.25) is 0 Å². The second-order valence-electron chi connectivity index (χ2n) is 7.11. The largest absolute Gasteiger partial charge is 0.496 e. The number of ether oxygens (including phenoxy) is 2. The van der Waals surface area contributed by atoms with Crippen LogP contribution in [0.2, 0.25) is 0 Å². The number of hydrogen-bond acceptors (Lipinski definition) is 6. The Morgan fingerprint density at radius 1 is 1.21 bits per heavy atom. The van der Waals surface area contributed by atoms with Gasteiger partial charge in [-0.15, -0.1) is 0 Å². The number of allylic oxidation sites excluding steroid dienone is 1. The Kier molecular flexibility index (Phi) is 7.17. The summed E-state index contributed by atoms with van der Waals surface area (Å²) in [4.78, 5) is 23.2. The van der Waals surface area contributed by atoms with Crippen LogP contribution in [0.4, 0.5) is 14.5 Å². The van der Waals surface area contributed by atoms with Crippen LogP contribution in [-0.2, 0) is 6.54 Å². The maximum atomic E-state index is 12.4. The van der Waals surface area contributed by atoms with Crippen molar-refractivity contribution in [3.8, 4) is 11.5 Å². The lowest BCUT2D eigenvalue weighted by molar-refractivity contribution is -0.386. The average molecular weight is 457 g/mol. The van der Waals surface area contributed by atoms with Crippen molar-refractivity contribution >= 4 is 17.5 Å². The number of aryl methyl sites for hydroxylation is 1. The molecule has 0 aliphatic rings. The molecule has 0 fully saturated rings. The van der Waals surface area contributed by atoms with E-state index in [-0.39, 0.29) is 23.8 Å². The number of ketones is 1. The molecule has 0 atom stereocenters. The van der Waals surface area contributed by atoms with Crippen molar-refractivity contribution in [1.82, 2.24) is 9.78 Å². The van der Waals surface area contributed by atoms with Crippen molar-refractivity contribution in [1.29, 1.82) is 0 Å². The minimum Gasteiger partial charge on any atom is -0.496 e. The molecule has 1 aromatic heterocycles. The van der Waals surface area contributed by atoms with E-state index in [2.05, 4.69) is 9.84 Å². The third kappa shape index (κ3) is 5.59. The first-order valence-corrected chi connectivity index (χ1v) is 9.82. The Balaban J connectivity index is 1.81. The highest BCUT2D eigenvalue weighted by molar-refractivity contribution is 6.06. The summed E-state index contributed by atoms with van der Waals surface area (Å²) in [6.45, 7) is 0.516. The normalized spacial score (nSPS) is 11.2. The molecule has 0 saturated heterocycles. The molecule has 0 spiro atoms. The summed E-state index contributed by atoms with van der Waals surface area (Å²) in [5.74, 6) is 0.225. The van der Waals surface area contributed by atoms with E-state index < -0.39 is 11.5 Å². The maximum absolute atomic E-state index is 12.4. The van der Waals surface area contributed by atoms with Gasteiger partial charge in [0.25, 0.3) is 0 Å². The summed E-state index contributed by atoms with van der Waals surface area (Å²) in [6.07, 6.45) is 2.97. The third-order valence-electron chi connectivity index (χ3n) is 4.94. The van der Waals surface area contributed by atoms with E-state index in [0.717, 1.165) is 5.56 Å². The lowest BCUT2D eigenvalue weighted by atomic mass is 10.1. The number of methoxy groups -OCH3 is 1. The third-order valence-corrected chi connectivity index (χ3v) is 4.94. The van der Waals surface area contributed by atoms with Gasteiger partial charge in [-0.05, 0) is 61.9 Å². The second kappa shape index (κ2) is 10.0. The number of rotatable bonds is 9. The van der Waals surface area contributed by atoms with Crippen LogP contribution in [0, 0.1) is 24.0 Å². The summed E-state index contributed by atoms with van der Waals surface area (Å²) < 4.78 is 35.7. The summed E-state index contributed by atoms with van der Waals surface area (Å²) in [7, 11) is 1.52. The molecule has 0 bridgehead atoms. The number of halogens is 2. The summed E-state index contributed by atoms with van der Waals surface area (Å²) in [6, 6.07) is 10.7. The fraction of sp³-hybridized carbons (Fsp3) is 0.217. The van der Waals surface area contributed by atoms with Crippen LogP contribution in [0.5, 0.6) is 11.5 Å². The number of nitrogens with zero attached hydrogens (tertiary/aromatic N) is 3.